The summed E-state index contributed by atoms with van der Waals surface area (Å²) in [4.78, 5) is 18.5. The lowest BCUT2D eigenvalue weighted by molar-refractivity contribution is 0.111. The number of halogens is 3. The van der Waals surface area contributed by atoms with E-state index in [1.54, 1.807) is 6.92 Å². The first-order valence-electron chi connectivity index (χ1n) is 4.97. The summed E-state index contributed by atoms with van der Waals surface area (Å²) >= 11 is 5.58. The molecular formula is C12H7ClF2N2O. The summed E-state index contributed by atoms with van der Waals surface area (Å²) in [7, 11) is 0. The zero-order valence-electron chi connectivity index (χ0n) is 9.25. The first-order valence-corrected chi connectivity index (χ1v) is 5.35. The summed E-state index contributed by atoms with van der Waals surface area (Å²) in [5, 5.41) is -0.221. The molecule has 1 heterocycles. The second-order valence-corrected chi connectivity index (χ2v) is 3.97. The predicted octanol–water partition coefficient (Wildman–Crippen LogP) is 3.20. The molecule has 0 saturated heterocycles. The largest absolute Gasteiger partial charge is 0.296 e. The monoisotopic (exact) mass is 268 g/mol. The fraction of sp³-hybridized carbons (Fsp3) is 0.0833. The number of hydrogen-bond donors (Lipinski definition) is 0. The lowest BCUT2D eigenvalue weighted by Gasteiger charge is -2.06. The van der Waals surface area contributed by atoms with Crippen LogP contribution in [-0.2, 0) is 0 Å². The molecule has 1 aromatic heterocycles. The second-order valence-electron chi connectivity index (χ2n) is 3.56. The predicted molar refractivity (Wildman–Crippen MR) is 62.5 cm³/mol. The molecule has 6 heteroatoms. The highest BCUT2D eigenvalue weighted by Crippen LogP contribution is 2.29. The van der Waals surface area contributed by atoms with Crippen LogP contribution in [0.2, 0.25) is 5.02 Å². The quantitative estimate of drug-likeness (QED) is 0.620. The van der Waals surface area contributed by atoms with Crippen LogP contribution in [0.4, 0.5) is 8.78 Å². The molecule has 0 amide bonds. The lowest BCUT2D eigenvalue weighted by atomic mass is 10.1. The van der Waals surface area contributed by atoms with Gasteiger partial charge in [-0.1, -0.05) is 11.6 Å². The highest BCUT2D eigenvalue weighted by atomic mass is 35.5. The Hall–Kier alpha value is -1.88. The Morgan fingerprint density at radius 1 is 1.33 bits per heavy atom. The van der Waals surface area contributed by atoms with Gasteiger partial charge in [-0.3, -0.25) is 9.78 Å². The molecule has 2 aromatic rings. The van der Waals surface area contributed by atoms with Crippen molar-refractivity contribution in [1.82, 2.24) is 9.97 Å². The van der Waals surface area contributed by atoms with E-state index in [-0.39, 0.29) is 16.4 Å². The van der Waals surface area contributed by atoms with E-state index < -0.39 is 17.2 Å². The maximum atomic E-state index is 13.8. The Labute approximate surface area is 106 Å². The van der Waals surface area contributed by atoms with Gasteiger partial charge < -0.3 is 0 Å². The molecule has 0 fully saturated rings. The third kappa shape index (κ3) is 2.09. The third-order valence-corrected chi connectivity index (χ3v) is 2.70. The Morgan fingerprint density at radius 2 is 2.06 bits per heavy atom. The van der Waals surface area contributed by atoms with Crippen molar-refractivity contribution >= 4 is 17.9 Å². The summed E-state index contributed by atoms with van der Waals surface area (Å²) in [6.07, 6.45) is 1.67. The van der Waals surface area contributed by atoms with Crippen LogP contribution in [0.5, 0.6) is 0 Å². The summed E-state index contributed by atoms with van der Waals surface area (Å²) < 4.78 is 27.4. The number of benzene rings is 1. The Balaban J connectivity index is 2.69. The molecule has 0 saturated carbocycles. The normalized spacial score (nSPS) is 10.4. The van der Waals surface area contributed by atoms with Crippen LogP contribution in [0.3, 0.4) is 0 Å². The molecule has 3 nitrogen and oxygen atoms in total. The highest BCUT2D eigenvalue weighted by molar-refractivity contribution is 6.31. The van der Waals surface area contributed by atoms with Gasteiger partial charge in [-0.15, -0.1) is 0 Å². The molecule has 92 valence electrons. The van der Waals surface area contributed by atoms with E-state index in [1.165, 1.54) is 6.20 Å². The summed E-state index contributed by atoms with van der Waals surface area (Å²) in [5.74, 6) is -1.74. The van der Waals surface area contributed by atoms with Crippen molar-refractivity contribution in [3.63, 3.8) is 0 Å². The minimum atomic E-state index is -0.924. The topological polar surface area (TPSA) is 42.9 Å². The molecule has 0 N–H and O–H groups in total. The number of aldehydes is 1. The average molecular weight is 269 g/mol. The Bertz CT molecular complexity index is 632. The second kappa shape index (κ2) is 4.78. The molecule has 0 aliphatic rings. The van der Waals surface area contributed by atoms with Crippen LogP contribution in [-0.4, -0.2) is 16.3 Å². The average Bonchev–Trinajstić information content (AvgIpc) is 2.36. The lowest BCUT2D eigenvalue weighted by Crippen LogP contribution is -2.00. The molecule has 0 aliphatic heterocycles. The molecule has 0 unspecified atom stereocenters. The van der Waals surface area contributed by atoms with Gasteiger partial charge in [-0.2, -0.15) is 0 Å². The third-order valence-electron chi connectivity index (χ3n) is 2.40. The zero-order chi connectivity index (χ0) is 13.3. The van der Waals surface area contributed by atoms with Crippen LogP contribution in [0.1, 0.15) is 16.2 Å². The van der Waals surface area contributed by atoms with E-state index in [0.717, 1.165) is 12.1 Å². The van der Waals surface area contributed by atoms with E-state index in [0.29, 0.717) is 12.0 Å². The van der Waals surface area contributed by atoms with E-state index in [9.17, 15) is 13.6 Å². The fourth-order valence-corrected chi connectivity index (χ4v) is 1.62. The van der Waals surface area contributed by atoms with Crippen LogP contribution >= 0.6 is 11.6 Å². The first kappa shape index (κ1) is 12.6. The van der Waals surface area contributed by atoms with E-state index in [1.807, 2.05) is 0 Å². The van der Waals surface area contributed by atoms with Crippen molar-refractivity contribution in [2.75, 3.05) is 0 Å². The molecule has 1 aromatic carbocycles. The van der Waals surface area contributed by atoms with Crippen LogP contribution in [0.15, 0.2) is 18.3 Å². The Kier molecular flexibility index (Phi) is 3.34. The van der Waals surface area contributed by atoms with Gasteiger partial charge in [0.05, 0.1) is 28.2 Å². The van der Waals surface area contributed by atoms with Gasteiger partial charge in [-0.05, 0) is 19.1 Å². The van der Waals surface area contributed by atoms with Gasteiger partial charge in [0, 0.05) is 0 Å². The number of rotatable bonds is 2. The minimum absolute atomic E-state index is 0.0336. The molecule has 0 bridgehead atoms. The molecular weight excluding hydrogens is 262 g/mol. The summed E-state index contributed by atoms with van der Waals surface area (Å²) in [6.45, 7) is 1.57. The van der Waals surface area contributed by atoms with E-state index in [4.69, 9.17) is 11.6 Å². The number of nitrogens with zero attached hydrogens (tertiary/aromatic N) is 2. The van der Waals surface area contributed by atoms with Gasteiger partial charge >= 0.3 is 0 Å². The van der Waals surface area contributed by atoms with Crippen molar-refractivity contribution in [3.8, 4) is 11.3 Å². The van der Waals surface area contributed by atoms with Gasteiger partial charge in [0.25, 0.3) is 0 Å². The summed E-state index contributed by atoms with van der Waals surface area (Å²) in [6, 6.07) is 2.14. The number of hydrogen-bond acceptors (Lipinski definition) is 3. The molecule has 0 radical (unpaired) electrons. The maximum Gasteiger partial charge on any atom is 0.170 e. The van der Waals surface area contributed by atoms with E-state index in [2.05, 4.69) is 9.97 Å². The Morgan fingerprint density at radius 3 is 2.72 bits per heavy atom. The SMILES string of the molecule is Cc1ncc(-c2c(F)ccc(Cl)c2F)nc1C=O. The number of aromatic nitrogens is 2. The highest BCUT2D eigenvalue weighted by Gasteiger charge is 2.17. The van der Waals surface area contributed by atoms with Crippen LogP contribution < -0.4 is 0 Å². The smallest absolute Gasteiger partial charge is 0.170 e. The van der Waals surface area contributed by atoms with Gasteiger partial charge in [-0.25, -0.2) is 13.8 Å². The van der Waals surface area contributed by atoms with Gasteiger partial charge in [0.2, 0.25) is 0 Å². The molecule has 0 atom stereocenters. The molecule has 2 rings (SSSR count). The van der Waals surface area contributed by atoms with Crippen molar-refractivity contribution in [2.24, 2.45) is 0 Å². The van der Waals surface area contributed by atoms with Crippen molar-refractivity contribution in [2.45, 2.75) is 6.92 Å². The van der Waals surface area contributed by atoms with Crippen LogP contribution in [0.25, 0.3) is 11.3 Å². The van der Waals surface area contributed by atoms with Gasteiger partial charge in [0.1, 0.15) is 11.5 Å². The molecule has 0 spiro atoms. The van der Waals surface area contributed by atoms with E-state index >= 15 is 0 Å². The summed E-state index contributed by atoms with van der Waals surface area (Å²) in [5.41, 5.74) is -0.0406. The van der Waals surface area contributed by atoms with Crippen LogP contribution in [0, 0.1) is 18.6 Å². The number of carbonyl (C=O) groups is 1. The number of carbonyl (C=O) groups excluding carboxylic acids is 1. The maximum absolute atomic E-state index is 13.8. The fourth-order valence-electron chi connectivity index (χ4n) is 1.46. The standard InChI is InChI=1S/C12H7ClF2N2O/c1-6-10(5-18)17-9(4-16-6)11-8(14)3-2-7(13)12(11)15/h2-5H,1H3. The van der Waals surface area contributed by atoms with Crippen molar-refractivity contribution < 1.29 is 13.6 Å². The zero-order valence-corrected chi connectivity index (χ0v) is 10.0. The number of aryl methyl sites for hydroxylation is 1. The van der Waals surface area contributed by atoms with Crippen molar-refractivity contribution in [1.29, 1.82) is 0 Å². The first-order chi connectivity index (χ1) is 8.54. The van der Waals surface area contributed by atoms with Gasteiger partial charge in [0.15, 0.2) is 12.1 Å². The van der Waals surface area contributed by atoms with Crippen molar-refractivity contribution in [3.05, 3.63) is 46.4 Å². The molecule has 18 heavy (non-hydrogen) atoms. The molecule has 0 aliphatic carbocycles. The minimum Gasteiger partial charge on any atom is -0.296 e.